The maximum absolute atomic E-state index is 13.4. The van der Waals surface area contributed by atoms with Gasteiger partial charge in [-0.05, 0) is 63.5 Å². The van der Waals surface area contributed by atoms with E-state index in [0.717, 1.165) is 38.8 Å². The molecule has 0 bridgehead atoms. The Balaban J connectivity index is 1.80. The van der Waals surface area contributed by atoms with Crippen molar-refractivity contribution in [1.82, 2.24) is 20.9 Å². The van der Waals surface area contributed by atoms with E-state index >= 15 is 0 Å². The summed E-state index contributed by atoms with van der Waals surface area (Å²) in [5, 5.41) is 18.8. The molecule has 3 N–H and O–H groups in total. The molecule has 1 saturated carbocycles. The van der Waals surface area contributed by atoms with Gasteiger partial charge in [0.25, 0.3) is 0 Å². The average Bonchev–Trinajstić information content (AvgIpc) is 3.27. The van der Waals surface area contributed by atoms with Gasteiger partial charge >= 0.3 is 6.09 Å². The molecule has 190 valence electrons. The molecule has 2 amide bonds. The summed E-state index contributed by atoms with van der Waals surface area (Å²) in [6.07, 6.45) is 4.45. The van der Waals surface area contributed by atoms with E-state index in [-0.39, 0.29) is 17.4 Å². The SMILES string of the molecule is CC(C)(C)C[C@H](N=C(NC(=O)OC1CCNCC1)N1CCOCC1)C(=O)NC1(C#N)CCCC1. The van der Waals surface area contributed by atoms with E-state index in [1.54, 1.807) is 0 Å². The minimum atomic E-state index is -0.830. The Bertz CT molecular complexity index is 769. The van der Waals surface area contributed by atoms with Crippen molar-refractivity contribution in [2.75, 3.05) is 39.4 Å². The van der Waals surface area contributed by atoms with Gasteiger partial charge in [0, 0.05) is 13.1 Å². The lowest BCUT2D eigenvalue weighted by Crippen LogP contribution is -2.53. The van der Waals surface area contributed by atoms with Crippen molar-refractivity contribution in [1.29, 1.82) is 5.26 Å². The van der Waals surface area contributed by atoms with Crippen LogP contribution in [0, 0.1) is 16.7 Å². The smallest absolute Gasteiger partial charge is 0.414 e. The predicted molar refractivity (Wildman–Crippen MR) is 128 cm³/mol. The van der Waals surface area contributed by atoms with Crippen LogP contribution in [0.1, 0.15) is 65.7 Å². The van der Waals surface area contributed by atoms with Gasteiger partial charge in [0.1, 0.15) is 17.7 Å². The Morgan fingerprint density at radius 2 is 1.88 bits per heavy atom. The molecule has 1 atom stereocenters. The summed E-state index contributed by atoms with van der Waals surface area (Å²) in [7, 11) is 0. The number of alkyl carbamates (subject to hydrolysis) is 1. The number of rotatable bonds is 5. The molecule has 34 heavy (non-hydrogen) atoms. The number of morpholine rings is 1. The van der Waals surface area contributed by atoms with Crippen LogP contribution in [0.4, 0.5) is 4.79 Å². The van der Waals surface area contributed by atoms with Crippen LogP contribution in [0.5, 0.6) is 0 Å². The number of amides is 2. The summed E-state index contributed by atoms with van der Waals surface area (Å²) in [6, 6.07) is 1.57. The third kappa shape index (κ3) is 7.84. The largest absolute Gasteiger partial charge is 0.446 e. The van der Waals surface area contributed by atoms with Crippen molar-refractivity contribution in [2.45, 2.75) is 83.4 Å². The first kappa shape index (κ1) is 26.2. The van der Waals surface area contributed by atoms with E-state index in [9.17, 15) is 14.9 Å². The molecule has 1 aliphatic carbocycles. The number of hydrogen-bond donors (Lipinski definition) is 3. The Hall–Kier alpha value is -2.38. The molecule has 3 fully saturated rings. The number of hydrogen-bond acceptors (Lipinski definition) is 7. The number of carbonyl (C=O) groups is 2. The van der Waals surface area contributed by atoms with Gasteiger partial charge in [-0.25, -0.2) is 9.79 Å². The predicted octanol–water partition coefficient (Wildman–Crippen LogP) is 1.91. The molecule has 3 aliphatic rings. The van der Waals surface area contributed by atoms with Gasteiger partial charge in [-0.1, -0.05) is 20.8 Å². The molecule has 0 aromatic rings. The quantitative estimate of drug-likeness (QED) is 0.408. The fourth-order valence-electron chi connectivity index (χ4n) is 4.64. The Morgan fingerprint density at radius 3 is 2.47 bits per heavy atom. The lowest BCUT2D eigenvalue weighted by Gasteiger charge is -2.32. The van der Waals surface area contributed by atoms with Crippen molar-refractivity contribution < 1.29 is 19.1 Å². The van der Waals surface area contributed by atoms with Crippen molar-refractivity contribution in [3.8, 4) is 6.07 Å². The number of carbonyl (C=O) groups excluding carboxylic acids is 2. The van der Waals surface area contributed by atoms with Crippen LogP contribution < -0.4 is 16.0 Å². The first-order valence-corrected chi connectivity index (χ1v) is 12.5. The summed E-state index contributed by atoms with van der Waals surface area (Å²) < 4.78 is 11.1. The highest BCUT2D eigenvalue weighted by Crippen LogP contribution is 2.30. The summed E-state index contributed by atoms with van der Waals surface area (Å²) in [5.41, 5.74) is -1.02. The fourth-order valence-corrected chi connectivity index (χ4v) is 4.64. The topological polar surface area (TPSA) is 128 Å². The van der Waals surface area contributed by atoms with E-state index in [2.05, 4.69) is 22.0 Å². The number of aliphatic imine (C=N–C) groups is 1. The number of nitrogens with one attached hydrogen (secondary N) is 3. The Labute approximate surface area is 202 Å². The van der Waals surface area contributed by atoms with E-state index in [1.807, 2.05) is 25.7 Å². The fraction of sp³-hybridized carbons (Fsp3) is 0.833. The zero-order chi connectivity index (χ0) is 24.6. The third-order valence-electron chi connectivity index (χ3n) is 6.50. The molecule has 0 spiro atoms. The van der Waals surface area contributed by atoms with E-state index in [4.69, 9.17) is 14.5 Å². The highest BCUT2D eigenvalue weighted by molar-refractivity contribution is 5.96. The Morgan fingerprint density at radius 1 is 1.24 bits per heavy atom. The molecule has 0 aromatic heterocycles. The first-order valence-electron chi connectivity index (χ1n) is 12.5. The van der Waals surface area contributed by atoms with Crippen LogP contribution in [-0.2, 0) is 14.3 Å². The molecule has 10 nitrogen and oxygen atoms in total. The lowest BCUT2D eigenvalue weighted by atomic mass is 9.87. The van der Waals surface area contributed by atoms with Crippen LogP contribution in [0.2, 0.25) is 0 Å². The molecule has 2 aliphatic heterocycles. The van der Waals surface area contributed by atoms with Crippen molar-refractivity contribution in [3.05, 3.63) is 0 Å². The second-order valence-corrected chi connectivity index (χ2v) is 10.7. The number of nitriles is 1. The van der Waals surface area contributed by atoms with E-state index < -0.39 is 17.7 Å². The van der Waals surface area contributed by atoms with Gasteiger partial charge in [-0.3, -0.25) is 10.1 Å². The van der Waals surface area contributed by atoms with Crippen LogP contribution in [0.15, 0.2) is 4.99 Å². The first-order chi connectivity index (χ1) is 16.2. The minimum absolute atomic E-state index is 0.140. The van der Waals surface area contributed by atoms with Gasteiger partial charge < -0.3 is 25.0 Å². The third-order valence-corrected chi connectivity index (χ3v) is 6.50. The maximum Gasteiger partial charge on any atom is 0.414 e. The molecule has 10 heteroatoms. The standard InChI is InChI=1S/C24H40N6O4/c1-23(2,3)16-19(20(31)29-24(17-25)8-4-5-9-24)27-21(30-12-14-33-15-13-30)28-22(32)34-18-6-10-26-11-7-18/h18-19,26H,4-16H2,1-3H3,(H,29,31)(H,27,28,32)/t19-/m0/s1. The molecule has 0 radical (unpaired) electrons. The molecular formula is C24H40N6O4. The maximum atomic E-state index is 13.4. The van der Waals surface area contributed by atoms with Crippen LogP contribution in [-0.4, -0.2) is 79.9 Å². The highest BCUT2D eigenvalue weighted by Gasteiger charge is 2.38. The number of nitrogens with zero attached hydrogens (tertiary/aromatic N) is 3. The van der Waals surface area contributed by atoms with Gasteiger partial charge in [0.2, 0.25) is 11.9 Å². The lowest BCUT2D eigenvalue weighted by molar-refractivity contribution is -0.124. The van der Waals surface area contributed by atoms with Crippen molar-refractivity contribution in [3.63, 3.8) is 0 Å². The van der Waals surface area contributed by atoms with Gasteiger partial charge in [0.15, 0.2) is 0 Å². The average molecular weight is 477 g/mol. The zero-order valence-corrected chi connectivity index (χ0v) is 20.8. The van der Waals surface area contributed by atoms with Crippen LogP contribution in [0.3, 0.4) is 0 Å². The molecule has 2 heterocycles. The second-order valence-electron chi connectivity index (χ2n) is 10.7. The second kappa shape index (κ2) is 11.8. The van der Waals surface area contributed by atoms with E-state index in [0.29, 0.717) is 51.5 Å². The van der Waals surface area contributed by atoms with Crippen molar-refractivity contribution >= 4 is 18.0 Å². The zero-order valence-electron chi connectivity index (χ0n) is 20.8. The van der Waals surface area contributed by atoms with Gasteiger partial charge in [0.05, 0.1) is 19.3 Å². The molecule has 2 saturated heterocycles. The summed E-state index contributed by atoms with van der Waals surface area (Å²) in [6.45, 7) is 9.91. The van der Waals surface area contributed by atoms with Gasteiger partial charge in [-0.2, -0.15) is 5.26 Å². The molecular weight excluding hydrogens is 436 g/mol. The summed E-state index contributed by atoms with van der Waals surface area (Å²) in [4.78, 5) is 32.8. The van der Waals surface area contributed by atoms with Gasteiger partial charge in [-0.15, -0.1) is 0 Å². The van der Waals surface area contributed by atoms with Crippen molar-refractivity contribution in [2.24, 2.45) is 10.4 Å². The molecule has 3 rings (SSSR count). The summed E-state index contributed by atoms with van der Waals surface area (Å²) in [5.74, 6) is 0.0433. The monoisotopic (exact) mass is 476 g/mol. The number of guanidine groups is 1. The Kier molecular flexibility index (Phi) is 9.14. The van der Waals surface area contributed by atoms with E-state index in [1.165, 1.54) is 0 Å². The van der Waals surface area contributed by atoms with Crippen LogP contribution in [0.25, 0.3) is 0 Å². The number of piperidine rings is 1. The minimum Gasteiger partial charge on any atom is -0.446 e. The van der Waals surface area contributed by atoms with Crippen LogP contribution >= 0.6 is 0 Å². The number of ether oxygens (including phenoxy) is 2. The molecule has 0 aromatic carbocycles. The highest BCUT2D eigenvalue weighted by atomic mass is 16.6. The molecule has 0 unspecified atom stereocenters. The summed E-state index contributed by atoms with van der Waals surface area (Å²) >= 11 is 0. The normalized spacial score (nSPS) is 22.5.